The molecule has 0 aliphatic carbocycles. The van der Waals surface area contributed by atoms with Gasteiger partial charge in [-0.05, 0) is 0 Å². The SMILES string of the molecule is CN(C)c1nc(N2CCc3c(c(C(=O)O)nn3C)C2)ncc1F. The lowest BCUT2D eigenvalue weighted by Crippen LogP contribution is -2.33. The Bertz CT molecular complexity index is 773. The summed E-state index contributed by atoms with van der Waals surface area (Å²) in [5, 5.41) is 13.3. The molecule has 1 N–H and O–H groups in total. The minimum atomic E-state index is -1.06. The van der Waals surface area contributed by atoms with Crippen LogP contribution >= 0.6 is 0 Å². The Hall–Kier alpha value is -2.71. The van der Waals surface area contributed by atoms with E-state index in [2.05, 4.69) is 15.1 Å². The van der Waals surface area contributed by atoms with Crippen LogP contribution in [0.2, 0.25) is 0 Å². The van der Waals surface area contributed by atoms with Gasteiger partial charge in [-0.3, -0.25) is 4.68 Å². The highest BCUT2D eigenvalue weighted by Crippen LogP contribution is 2.26. The van der Waals surface area contributed by atoms with Crippen LogP contribution < -0.4 is 9.80 Å². The Morgan fingerprint density at radius 2 is 2.17 bits per heavy atom. The summed E-state index contributed by atoms with van der Waals surface area (Å²) >= 11 is 0. The van der Waals surface area contributed by atoms with Gasteiger partial charge in [0.1, 0.15) is 0 Å². The Labute approximate surface area is 132 Å². The predicted octanol–water partition coefficient (Wildman–Crippen LogP) is 0.676. The number of carboxylic acid groups (broad SMARTS) is 1. The van der Waals surface area contributed by atoms with Crippen molar-refractivity contribution in [3.63, 3.8) is 0 Å². The molecule has 2 aromatic heterocycles. The lowest BCUT2D eigenvalue weighted by atomic mass is 10.1. The Kier molecular flexibility index (Phi) is 3.63. The number of carbonyl (C=O) groups is 1. The molecule has 0 aromatic carbocycles. The fourth-order valence-electron chi connectivity index (χ4n) is 2.75. The molecule has 0 fully saturated rings. The normalized spacial score (nSPS) is 13.8. The van der Waals surface area contributed by atoms with Crippen LogP contribution in [0.4, 0.5) is 16.2 Å². The van der Waals surface area contributed by atoms with Crippen LogP contribution in [0.25, 0.3) is 0 Å². The number of aromatic nitrogens is 4. The molecule has 0 saturated carbocycles. The van der Waals surface area contributed by atoms with Crippen LogP contribution in [0.15, 0.2) is 6.20 Å². The molecule has 0 atom stereocenters. The lowest BCUT2D eigenvalue weighted by molar-refractivity contribution is 0.0688. The number of carboxylic acids is 1. The first-order valence-electron chi connectivity index (χ1n) is 7.11. The average molecular weight is 320 g/mol. The zero-order valence-corrected chi connectivity index (χ0v) is 13.1. The van der Waals surface area contributed by atoms with E-state index in [1.165, 1.54) is 0 Å². The van der Waals surface area contributed by atoms with Crippen LogP contribution in [0.5, 0.6) is 0 Å². The van der Waals surface area contributed by atoms with Gasteiger partial charge in [0.05, 0.1) is 12.7 Å². The third-order valence-electron chi connectivity index (χ3n) is 3.86. The second-order valence-corrected chi connectivity index (χ2v) is 5.61. The monoisotopic (exact) mass is 320 g/mol. The Balaban J connectivity index is 1.96. The van der Waals surface area contributed by atoms with Gasteiger partial charge in [0, 0.05) is 45.4 Å². The fourth-order valence-corrected chi connectivity index (χ4v) is 2.75. The van der Waals surface area contributed by atoms with Crippen molar-refractivity contribution < 1.29 is 14.3 Å². The first-order chi connectivity index (χ1) is 10.9. The van der Waals surface area contributed by atoms with Crippen LogP contribution in [-0.2, 0) is 20.0 Å². The first kappa shape index (κ1) is 15.2. The summed E-state index contributed by atoms with van der Waals surface area (Å²) in [6.07, 6.45) is 1.76. The Morgan fingerprint density at radius 1 is 1.43 bits per heavy atom. The molecule has 0 bridgehead atoms. The first-order valence-corrected chi connectivity index (χ1v) is 7.11. The van der Waals surface area contributed by atoms with E-state index in [1.807, 2.05) is 4.90 Å². The lowest BCUT2D eigenvalue weighted by Gasteiger charge is -2.28. The van der Waals surface area contributed by atoms with Crippen molar-refractivity contribution in [2.45, 2.75) is 13.0 Å². The molecular weight excluding hydrogens is 303 g/mol. The predicted molar refractivity (Wildman–Crippen MR) is 81.2 cm³/mol. The van der Waals surface area contributed by atoms with E-state index in [4.69, 9.17) is 0 Å². The smallest absolute Gasteiger partial charge is 0.356 e. The van der Waals surface area contributed by atoms with Crippen LogP contribution in [-0.4, -0.2) is 51.5 Å². The van der Waals surface area contributed by atoms with Crippen LogP contribution in [0, 0.1) is 5.82 Å². The van der Waals surface area contributed by atoms with Gasteiger partial charge in [0.2, 0.25) is 5.95 Å². The minimum Gasteiger partial charge on any atom is -0.476 e. The highest BCUT2D eigenvalue weighted by atomic mass is 19.1. The summed E-state index contributed by atoms with van der Waals surface area (Å²) in [6, 6.07) is 0. The average Bonchev–Trinajstić information content (AvgIpc) is 2.84. The van der Waals surface area contributed by atoms with E-state index in [0.29, 0.717) is 31.0 Å². The summed E-state index contributed by atoms with van der Waals surface area (Å²) < 4.78 is 15.3. The zero-order valence-electron chi connectivity index (χ0n) is 13.1. The number of hydrogen-bond donors (Lipinski definition) is 1. The van der Waals surface area contributed by atoms with Gasteiger partial charge < -0.3 is 14.9 Å². The van der Waals surface area contributed by atoms with Crippen molar-refractivity contribution in [1.29, 1.82) is 0 Å². The molecule has 0 spiro atoms. The minimum absolute atomic E-state index is 0.0437. The third-order valence-corrected chi connectivity index (χ3v) is 3.86. The molecule has 23 heavy (non-hydrogen) atoms. The molecule has 0 radical (unpaired) electrons. The largest absolute Gasteiger partial charge is 0.476 e. The van der Waals surface area contributed by atoms with E-state index in [1.54, 1.807) is 30.7 Å². The van der Waals surface area contributed by atoms with Gasteiger partial charge in [-0.1, -0.05) is 0 Å². The second-order valence-electron chi connectivity index (χ2n) is 5.61. The maximum Gasteiger partial charge on any atom is 0.356 e. The van der Waals surface area contributed by atoms with E-state index < -0.39 is 11.8 Å². The summed E-state index contributed by atoms with van der Waals surface area (Å²) in [5.74, 6) is -0.979. The van der Waals surface area contributed by atoms with Crippen LogP contribution in [0.1, 0.15) is 21.7 Å². The molecule has 9 heteroatoms. The standard InChI is InChI=1S/C14H17FN6O2/c1-19(2)12-9(15)6-16-14(17-12)21-5-4-10-8(7-21)11(13(22)23)18-20(10)3/h6H,4-5,7H2,1-3H3,(H,22,23). The van der Waals surface area contributed by atoms with Crippen molar-refractivity contribution in [1.82, 2.24) is 19.7 Å². The number of hydrogen-bond acceptors (Lipinski definition) is 6. The van der Waals surface area contributed by atoms with Crippen molar-refractivity contribution >= 4 is 17.7 Å². The number of aromatic carboxylic acids is 1. The number of halogens is 1. The second kappa shape index (κ2) is 5.49. The number of rotatable bonds is 3. The maximum atomic E-state index is 13.7. The van der Waals surface area contributed by atoms with E-state index >= 15 is 0 Å². The van der Waals surface area contributed by atoms with Gasteiger partial charge in [-0.15, -0.1) is 0 Å². The highest BCUT2D eigenvalue weighted by Gasteiger charge is 2.28. The molecule has 122 valence electrons. The molecule has 0 unspecified atom stereocenters. The number of aryl methyl sites for hydroxylation is 1. The van der Waals surface area contributed by atoms with E-state index in [9.17, 15) is 14.3 Å². The molecule has 0 amide bonds. The van der Waals surface area contributed by atoms with Crippen LogP contribution in [0.3, 0.4) is 0 Å². The van der Waals surface area contributed by atoms with Crippen molar-refractivity contribution in [3.8, 4) is 0 Å². The fraction of sp³-hybridized carbons (Fsp3) is 0.429. The number of anilines is 2. The third kappa shape index (κ3) is 2.58. The molecule has 1 aliphatic heterocycles. The van der Waals surface area contributed by atoms with E-state index in [0.717, 1.165) is 11.9 Å². The van der Waals surface area contributed by atoms with Crippen molar-refractivity contribution in [2.75, 3.05) is 30.4 Å². The Morgan fingerprint density at radius 3 is 2.83 bits per heavy atom. The highest BCUT2D eigenvalue weighted by molar-refractivity contribution is 5.87. The van der Waals surface area contributed by atoms with Gasteiger partial charge in [-0.2, -0.15) is 10.1 Å². The van der Waals surface area contributed by atoms with Gasteiger partial charge in [-0.25, -0.2) is 14.2 Å². The molecule has 0 saturated heterocycles. The van der Waals surface area contributed by atoms with E-state index in [-0.39, 0.29) is 11.5 Å². The quantitative estimate of drug-likeness (QED) is 0.889. The van der Waals surface area contributed by atoms with Crippen molar-refractivity contribution in [2.24, 2.45) is 7.05 Å². The topological polar surface area (TPSA) is 87.4 Å². The van der Waals surface area contributed by atoms with Gasteiger partial charge in [0.25, 0.3) is 0 Å². The maximum absolute atomic E-state index is 13.7. The van der Waals surface area contributed by atoms with Crippen molar-refractivity contribution in [3.05, 3.63) is 29.0 Å². The number of nitrogens with zero attached hydrogens (tertiary/aromatic N) is 6. The summed E-state index contributed by atoms with van der Waals surface area (Å²) in [4.78, 5) is 23.0. The summed E-state index contributed by atoms with van der Waals surface area (Å²) in [6.45, 7) is 0.952. The number of fused-ring (bicyclic) bond motifs is 1. The zero-order chi connectivity index (χ0) is 16.7. The summed E-state index contributed by atoms with van der Waals surface area (Å²) in [7, 11) is 5.14. The molecule has 1 aliphatic rings. The molecule has 2 aromatic rings. The van der Waals surface area contributed by atoms with Gasteiger partial charge in [0.15, 0.2) is 17.3 Å². The van der Waals surface area contributed by atoms with Gasteiger partial charge >= 0.3 is 5.97 Å². The molecule has 8 nitrogen and oxygen atoms in total. The molecule has 3 heterocycles. The summed E-state index contributed by atoms with van der Waals surface area (Å²) in [5.41, 5.74) is 1.60. The molecule has 3 rings (SSSR count). The molecular formula is C14H17FN6O2.